The Kier molecular flexibility index (Phi) is 3.91. The van der Waals surface area contributed by atoms with E-state index in [1.807, 2.05) is 43.3 Å². The van der Waals surface area contributed by atoms with Crippen LogP contribution in [0, 0.1) is 0 Å². The monoisotopic (exact) mass is 280 g/mol. The van der Waals surface area contributed by atoms with E-state index in [-0.39, 0.29) is 11.9 Å². The highest BCUT2D eigenvalue weighted by Crippen LogP contribution is 2.29. The molecule has 3 nitrogen and oxygen atoms in total. The molecule has 0 bridgehead atoms. The zero-order valence-corrected chi connectivity index (χ0v) is 12.3. The number of anilines is 1. The van der Waals surface area contributed by atoms with Crippen LogP contribution in [-0.2, 0) is 17.8 Å². The third-order valence-corrected chi connectivity index (χ3v) is 4.08. The zero-order valence-electron chi connectivity index (χ0n) is 12.3. The van der Waals surface area contributed by atoms with Crippen LogP contribution < -0.4 is 10.2 Å². The van der Waals surface area contributed by atoms with Crippen LogP contribution >= 0.6 is 0 Å². The SMILES string of the molecule is C[C@@H](C(=O)NCc1ccccc1)N1CCc2ccccc21. The van der Waals surface area contributed by atoms with Crippen molar-refractivity contribution < 1.29 is 4.79 Å². The van der Waals surface area contributed by atoms with Crippen molar-refractivity contribution in [3.63, 3.8) is 0 Å². The molecular weight excluding hydrogens is 260 g/mol. The molecule has 2 aromatic carbocycles. The van der Waals surface area contributed by atoms with Gasteiger partial charge in [0.05, 0.1) is 0 Å². The first-order valence-electron chi connectivity index (χ1n) is 7.42. The number of hydrogen-bond acceptors (Lipinski definition) is 2. The summed E-state index contributed by atoms with van der Waals surface area (Å²) in [6.07, 6.45) is 1.02. The summed E-state index contributed by atoms with van der Waals surface area (Å²) in [5.74, 6) is 0.0792. The second kappa shape index (κ2) is 6.00. The fraction of sp³-hybridized carbons (Fsp3) is 0.278. The lowest BCUT2D eigenvalue weighted by molar-refractivity contribution is -0.122. The highest BCUT2D eigenvalue weighted by molar-refractivity contribution is 5.85. The second-order valence-electron chi connectivity index (χ2n) is 5.45. The number of nitrogens with zero attached hydrogens (tertiary/aromatic N) is 1. The average Bonchev–Trinajstić information content (AvgIpc) is 2.97. The molecule has 1 aliphatic heterocycles. The minimum atomic E-state index is -0.141. The Morgan fingerprint density at radius 2 is 1.86 bits per heavy atom. The van der Waals surface area contributed by atoms with E-state index in [0.717, 1.165) is 18.5 Å². The predicted octanol–water partition coefficient (Wildman–Crippen LogP) is 2.75. The van der Waals surface area contributed by atoms with Gasteiger partial charge in [-0.1, -0.05) is 48.5 Å². The molecule has 0 spiro atoms. The quantitative estimate of drug-likeness (QED) is 0.934. The smallest absolute Gasteiger partial charge is 0.242 e. The molecule has 108 valence electrons. The molecule has 0 saturated carbocycles. The highest BCUT2D eigenvalue weighted by Gasteiger charge is 2.27. The van der Waals surface area contributed by atoms with Crippen LogP contribution in [0.5, 0.6) is 0 Å². The molecule has 0 aromatic heterocycles. The molecule has 0 aliphatic carbocycles. The summed E-state index contributed by atoms with van der Waals surface area (Å²) in [6, 6.07) is 18.2. The van der Waals surface area contributed by atoms with Crippen LogP contribution in [0.15, 0.2) is 54.6 Å². The van der Waals surface area contributed by atoms with Gasteiger partial charge in [0.15, 0.2) is 0 Å². The molecule has 1 heterocycles. The van der Waals surface area contributed by atoms with Crippen LogP contribution in [0.4, 0.5) is 5.69 Å². The van der Waals surface area contributed by atoms with Gasteiger partial charge in [-0.3, -0.25) is 4.79 Å². The largest absolute Gasteiger partial charge is 0.359 e. The average molecular weight is 280 g/mol. The summed E-state index contributed by atoms with van der Waals surface area (Å²) in [5.41, 5.74) is 3.65. The summed E-state index contributed by atoms with van der Waals surface area (Å²) >= 11 is 0. The summed E-state index contributed by atoms with van der Waals surface area (Å²) < 4.78 is 0. The van der Waals surface area contributed by atoms with E-state index < -0.39 is 0 Å². The van der Waals surface area contributed by atoms with Crippen molar-refractivity contribution in [1.29, 1.82) is 0 Å². The molecule has 0 radical (unpaired) electrons. The Morgan fingerprint density at radius 3 is 2.67 bits per heavy atom. The number of carbonyl (C=O) groups excluding carboxylic acids is 1. The number of rotatable bonds is 4. The topological polar surface area (TPSA) is 32.3 Å². The van der Waals surface area contributed by atoms with Gasteiger partial charge in [0.25, 0.3) is 0 Å². The molecule has 3 rings (SSSR count). The molecule has 1 amide bonds. The summed E-state index contributed by atoms with van der Waals surface area (Å²) in [5, 5.41) is 3.03. The lowest BCUT2D eigenvalue weighted by Gasteiger charge is -2.26. The van der Waals surface area contributed by atoms with Crippen molar-refractivity contribution in [1.82, 2.24) is 5.32 Å². The van der Waals surface area contributed by atoms with Crippen LogP contribution in [0.1, 0.15) is 18.1 Å². The van der Waals surface area contributed by atoms with Crippen LogP contribution in [0.25, 0.3) is 0 Å². The Morgan fingerprint density at radius 1 is 1.14 bits per heavy atom. The Bertz CT molecular complexity index is 624. The Balaban J connectivity index is 1.63. The maximum Gasteiger partial charge on any atom is 0.242 e. The minimum Gasteiger partial charge on any atom is -0.359 e. The standard InChI is InChI=1S/C18H20N2O/c1-14(18(21)19-13-15-7-3-2-4-8-15)20-12-11-16-9-5-6-10-17(16)20/h2-10,14H,11-13H2,1H3,(H,19,21)/t14-/m0/s1. The molecule has 0 fully saturated rings. The third kappa shape index (κ3) is 2.92. The molecule has 3 heteroatoms. The van der Waals surface area contributed by atoms with Gasteiger partial charge in [-0.2, -0.15) is 0 Å². The number of nitrogens with one attached hydrogen (secondary N) is 1. The van der Waals surface area contributed by atoms with Gasteiger partial charge < -0.3 is 10.2 Å². The molecule has 1 N–H and O–H groups in total. The van der Waals surface area contributed by atoms with Gasteiger partial charge in [0.2, 0.25) is 5.91 Å². The van der Waals surface area contributed by atoms with Gasteiger partial charge in [-0.05, 0) is 30.5 Å². The number of fused-ring (bicyclic) bond motifs is 1. The maximum absolute atomic E-state index is 12.4. The van der Waals surface area contributed by atoms with E-state index in [1.165, 1.54) is 11.3 Å². The van der Waals surface area contributed by atoms with Gasteiger partial charge in [0.1, 0.15) is 6.04 Å². The molecule has 0 saturated heterocycles. The second-order valence-corrected chi connectivity index (χ2v) is 5.45. The lowest BCUT2D eigenvalue weighted by atomic mass is 10.1. The predicted molar refractivity (Wildman–Crippen MR) is 85.2 cm³/mol. The van der Waals surface area contributed by atoms with E-state index >= 15 is 0 Å². The van der Waals surface area contributed by atoms with Crippen molar-refractivity contribution in [3.05, 3.63) is 65.7 Å². The molecule has 21 heavy (non-hydrogen) atoms. The lowest BCUT2D eigenvalue weighted by Crippen LogP contribution is -2.44. The first kappa shape index (κ1) is 13.7. The first-order valence-corrected chi connectivity index (χ1v) is 7.42. The van der Waals surface area contributed by atoms with Crippen LogP contribution in [0.3, 0.4) is 0 Å². The maximum atomic E-state index is 12.4. The normalized spacial score (nSPS) is 14.6. The van der Waals surface area contributed by atoms with Crippen molar-refractivity contribution in [2.24, 2.45) is 0 Å². The number of para-hydroxylation sites is 1. The molecular formula is C18H20N2O. The van der Waals surface area contributed by atoms with E-state index in [4.69, 9.17) is 0 Å². The summed E-state index contributed by atoms with van der Waals surface area (Å²) in [4.78, 5) is 14.6. The number of hydrogen-bond donors (Lipinski definition) is 1. The first-order chi connectivity index (χ1) is 10.3. The fourth-order valence-corrected chi connectivity index (χ4v) is 2.84. The summed E-state index contributed by atoms with van der Waals surface area (Å²) in [7, 11) is 0. The number of amides is 1. The van der Waals surface area contributed by atoms with Gasteiger partial charge >= 0.3 is 0 Å². The fourth-order valence-electron chi connectivity index (χ4n) is 2.84. The van der Waals surface area contributed by atoms with E-state index in [9.17, 15) is 4.79 Å². The Labute approximate surface area is 125 Å². The van der Waals surface area contributed by atoms with Gasteiger partial charge in [-0.15, -0.1) is 0 Å². The van der Waals surface area contributed by atoms with Crippen molar-refractivity contribution in [2.75, 3.05) is 11.4 Å². The number of benzene rings is 2. The molecule has 2 aromatic rings. The van der Waals surface area contributed by atoms with Crippen molar-refractivity contribution in [2.45, 2.75) is 25.9 Å². The van der Waals surface area contributed by atoms with Gasteiger partial charge in [0, 0.05) is 18.8 Å². The zero-order chi connectivity index (χ0) is 14.7. The minimum absolute atomic E-state index is 0.0792. The van der Waals surface area contributed by atoms with E-state index in [0.29, 0.717) is 6.54 Å². The van der Waals surface area contributed by atoms with E-state index in [2.05, 4.69) is 28.4 Å². The van der Waals surface area contributed by atoms with Crippen LogP contribution in [0.2, 0.25) is 0 Å². The van der Waals surface area contributed by atoms with Crippen LogP contribution in [-0.4, -0.2) is 18.5 Å². The molecule has 1 aliphatic rings. The molecule has 1 atom stereocenters. The van der Waals surface area contributed by atoms with E-state index in [1.54, 1.807) is 0 Å². The molecule has 0 unspecified atom stereocenters. The van der Waals surface area contributed by atoms with Crippen molar-refractivity contribution in [3.8, 4) is 0 Å². The highest BCUT2D eigenvalue weighted by atomic mass is 16.2. The third-order valence-electron chi connectivity index (χ3n) is 4.08. The van der Waals surface area contributed by atoms with Crippen molar-refractivity contribution >= 4 is 11.6 Å². The number of carbonyl (C=O) groups is 1. The van der Waals surface area contributed by atoms with Gasteiger partial charge in [-0.25, -0.2) is 0 Å². The Hall–Kier alpha value is -2.29. The summed E-state index contributed by atoms with van der Waals surface area (Å²) in [6.45, 7) is 3.47.